The molecule has 74 valence electrons. The molecule has 0 aliphatic heterocycles. The normalized spacial score (nSPS) is 40.2. The van der Waals surface area contributed by atoms with Crippen molar-refractivity contribution in [3.05, 3.63) is 0 Å². The first-order chi connectivity index (χ1) is 4.88. The van der Waals surface area contributed by atoms with Gasteiger partial charge in [-0.2, -0.15) is 0 Å². The molecule has 1 aliphatic carbocycles. The van der Waals surface area contributed by atoms with Gasteiger partial charge in [-0.05, 0) is 24.7 Å². The van der Waals surface area contributed by atoms with Gasteiger partial charge in [-0.15, -0.1) is 0 Å². The molecule has 0 aromatic rings. The van der Waals surface area contributed by atoms with Gasteiger partial charge >= 0.3 is 0 Å². The fraction of sp³-hybridized carbons (Fsp3) is 1.00. The van der Waals surface area contributed by atoms with Crippen LogP contribution in [0.2, 0.25) is 0 Å². The molecule has 12 heavy (non-hydrogen) atoms. The van der Waals surface area contributed by atoms with Crippen molar-refractivity contribution >= 4 is 0 Å². The summed E-state index contributed by atoms with van der Waals surface area (Å²) in [6.07, 6.45) is 3.84. The van der Waals surface area contributed by atoms with Gasteiger partial charge in [0.05, 0.1) is 0 Å². The zero-order valence-electron chi connectivity index (χ0n) is 8.98. The molecular weight excluding hydrogens is 148 g/mol. The molecule has 0 saturated heterocycles. The fourth-order valence-electron chi connectivity index (χ4n) is 2.02. The second kappa shape index (κ2) is 3.35. The van der Waals surface area contributed by atoms with Crippen LogP contribution in [0.15, 0.2) is 0 Å². The summed E-state index contributed by atoms with van der Waals surface area (Å²) >= 11 is 0. The standard InChI is InChI=1S/C10H21N.H3N/c1-8-6-5-7-10(4,11)9(8,2)3;/h8H,5-7,11H2,1-4H3;1H3. The second-order valence-electron chi connectivity index (χ2n) is 4.93. The molecule has 0 radical (unpaired) electrons. The van der Waals surface area contributed by atoms with Crippen LogP contribution in [0.3, 0.4) is 0 Å². The summed E-state index contributed by atoms with van der Waals surface area (Å²) in [5.74, 6) is 0.770. The van der Waals surface area contributed by atoms with Crippen molar-refractivity contribution in [2.24, 2.45) is 17.1 Å². The highest BCUT2D eigenvalue weighted by Crippen LogP contribution is 2.45. The van der Waals surface area contributed by atoms with Crippen molar-refractivity contribution in [2.45, 2.75) is 52.5 Å². The van der Waals surface area contributed by atoms with E-state index in [2.05, 4.69) is 27.7 Å². The van der Waals surface area contributed by atoms with Crippen molar-refractivity contribution in [1.82, 2.24) is 6.15 Å². The summed E-state index contributed by atoms with van der Waals surface area (Å²) in [5.41, 5.74) is 6.60. The number of rotatable bonds is 0. The largest absolute Gasteiger partial charge is 0.344 e. The summed E-state index contributed by atoms with van der Waals surface area (Å²) in [7, 11) is 0. The molecule has 0 spiro atoms. The highest BCUT2D eigenvalue weighted by Gasteiger charge is 2.43. The quantitative estimate of drug-likeness (QED) is 0.590. The van der Waals surface area contributed by atoms with E-state index in [-0.39, 0.29) is 11.7 Å². The Morgan fingerprint density at radius 2 is 1.75 bits per heavy atom. The maximum Gasteiger partial charge on any atom is 0.0180 e. The van der Waals surface area contributed by atoms with Gasteiger partial charge in [0.15, 0.2) is 0 Å². The fourth-order valence-corrected chi connectivity index (χ4v) is 2.02. The smallest absolute Gasteiger partial charge is 0.0180 e. The van der Waals surface area contributed by atoms with Crippen LogP contribution >= 0.6 is 0 Å². The predicted octanol–water partition coefficient (Wildman–Crippen LogP) is 2.71. The van der Waals surface area contributed by atoms with E-state index in [1.807, 2.05) is 0 Å². The van der Waals surface area contributed by atoms with Gasteiger partial charge in [0, 0.05) is 5.54 Å². The minimum atomic E-state index is 0. The second-order valence-corrected chi connectivity index (χ2v) is 4.93. The zero-order valence-corrected chi connectivity index (χ0v) is 8.98. The van der Waals surface area contributed by atoms with Gasteiger partial charge in [0.1, 0.15) is 0 Å². The number of hydrogen-bond acceptors (Lipinski definition) is 2. The molecule has 1 fully saturated rings. The lowest BCUT2D eigenvalue weighted by Crippen LogP contribution is -2.55. The van der Waals surface area contributed by atoms with Gasteiger partial charge in [0.25, 0.3) is 0 Å². The number of hydrogen-bond donors (Lipinski definition) is 2. The van der Waals surface area contributed by atoms with Crippen molar-refractivity contribution < 1.29 is 0 Å². The Morgan fingerprint density at radius 3 is 2.08 bits per heavy atom. The Labute approximate surface area is 76.5 Å². The first kappa shape index (κ1) is 11.9. The average Bonchev–Trinajstić information content (AvgIpc) is 1.84. The summed E-state index contributed by atoms with van der Waals surface area (Å²) in [6.45, 7) is 9.13. The third kappa shape index (κ3) is 1.64. The van der Waals surface area contributed by atoms with Crippen molar-refractivity contribution in [2.75, 3.05) is 0 Å². The monoisotopic (exact) mass is 172 g/mol. The van der Waals surface area contributed by atoms with E-state index in [4.69, 9.17) is 5.73 Å². The minimum absolute atomic E-state index is 0. The topological polar surface area (TPSA) is 61.0 Å². The first-order valence-electron chi connectivity index (χ1n) is 4.67. The van der Waals surface area contributed by atoms with E-state index in [9.17, 15) is 0 Å². The maximum absolute atomic E-state index is 6.25. The van der Waals surface area contributed by atoms with E-state index in [1.54, 1.807) is 0 Å². The van der Waals surface area contributed by atoms with Gasteiger partial charge < -0.3 is 11.9 Å². The third-order valence-electron chi connectivity index (χ3n) is 4.04. The molecule has 2 unspecified atom stereocenters. The van der Waals surface area contributed by atoms with Crippen LogP contribution in [0.25, 0.3) is 0 Å². The van der Waals surface area contributed by atoms with E-state index >= 15 is 0 Å². The summed E-state index contributed by atoms with van der Waals surface area (Å²) in [4.78, 5) is 0. The highest BCUT2D eigenvalue weighted by molar-refractivity contribution is 4.99. The van der Waals surface area contributed by atoms with Gasteiger partial charge in [-0.25, -0.2) is 0 Å². The van der Waals surface area contributed by atoms with E-state index in [1.165, 1.54) is 19.3 Å². The maximum atomic E-state index is 6.25. The molecule has 0 aromatic heterocycles. The van der Waals surface area contributed by atoms with Crippen molar-refractivity contribution in [3.63, 3.8) is 0 Å². The zero-order chi connectivity index (χ0) is 8.70. The lowest BCUT2D eigenvalue weighted by Gasteiger charge is -2.49. The Balaban J connectivity index is 0.00000121. The molecule has 0 amide bonds. The van der Waals surface area contributed by atoms with Gasteiger partial charge in [-0.1, -0.05) is 33.6 Å². The third-order valence-corrected chi connectivity index (χ3v) is 4.04. The number of nitrogens with two attached hydrogens (primary N) is 1. The molecule has 0 aromatic carbocycles. The molecule has 0 bridgehead atoms. The van der Waals surface area contributed by atoms with Crippen LogP contribution in [-0.2, 0) is 0 Å². The Bertz CT molecular complexity index is 150. The SMILES string of the molecule is CC1CCCC(C)(N)C1(C)C.N. The van der Waals surface area contributed by atoms with Gasteiger partial charge in [0.2, 0.25) is 0 Å². The Kier molecular flexibility index (Phi) is 3.32. The lowest BCUT2D eigenvalue weighted by molar-refractivity contribution is 0.0542. The first-order valence-corrected chi connectivity index (χ1v) is 4.67. The van der Waals surface area contributed by atoms with Crippen LogP contribution in [-0.4, -0.2) is 5.54 Å². The summed E-state index contributed by atoms with van der Waals surface area (Å²) < 4.78 is 0. The molecule has 5 N–H and O–H groups in total. The van der Waals surface area contributed by atoms with Crippen molar-refractivity contribution in [3.8, 4) is 0 Å². The minimum Gasteiger partial charge on any atom is -0.344 e. The summed E-state index contributed by atoms with van der Waals surface area (Å²) in [5, 5.41) is 0. The van der Waals surface area contributed by atoms with Crippen LogP contribution in [0.4, 0.5) is 0 Å². The van der Waals surface area contributed by atoms with E-state index in [0.29, 0.717) is 5.41 Å². The molecular formula is C10H24N2. The van der Waals surface area contributed by atoms with Gasteiger partial charge in [-0.3, -0.25) is 0 Å². The van der Waals surface area contributed by atoms with Crippen LogP contribution in [0.1, 0.15) is 47.0 Å². The molecule has 2 atom stereocenters. The highest BCUT2D eigenvalue weighted by atomic mass is 14.8. The molecule has 1 saturated carbocycles. The molecule has 1 aliphatic rings. The van der Waals surface area contributed by atoms with E-state index < -0.39 is 0 Å². The molecule has 1 rings (SSSR count). The molecule has 2 nitrogen and oxygen atoms in total. The summed E-state index contributed by atoms with van der Waals surface area (Å²) in [6, 6.07) is 0. The predicted molar refractivity (Wildman–Crippen MR) is 54.4 cm³/mol. The molecule has 0 heterocycles. The van der Waals surface area contributed by atoms with Crippen LogP contribution < -0.4 is 11.9 Å². The molecule has 2 heteroatoms. The average molecular weight is 172 g/mol. The van der Waals surface area contributed by atoms with Crippen LogP contribution in [0, 0.1) is 11.3 Å². The van der Waals surface area contributed by atoms with E-state index in [0.717, 1.165) is 5.92 Å². The van der Waals surface area contributed by atoms with Crippen molar-refractivity contribution in [1.29, 1.82) is 0 Å². The van der Waals surface area contributed by atoms with Crippen LogP contribution in [0.5, 0.6) is 0 Å². The lowest BCUT2D eigenvalue weighted by atomic mass is 9.59. The Hall–Kier alpha value is -0.0800. The Morgan fingerprint density at radius 1 is 1.25 bits per heavy atom.